The molecule has 0 atom stereocenters. The van der Waals surface area contributed by atoms with Gasteiger partial charge < -0.3 is 0 Å². The van der Waals surface area contributed by atoms with Crippen LogP contribution in [0.15, 0.2) is 20.8 Å². The van der Waals surface area contributed by atoms with E-state index in [0.29, 0.717) is 5.41 Å². The van der Waals surface area contributed by atoms with Crippen molar-refractivity contribution < 1.29 is 18.9 Å². The molecule has 0 fully saturated rings. The van der Waals surface area contributed by atoms with Crippen LogP contribution in [0, 0.1) is 5.41 Å². The van der Waals surface area contributed by atoms with E-state index in [1.165, 1.54) is 20.8 Å². The number of allylic oxidation sites excluding steroid dienone is 4. The number of rotatable bonds is 0. The molecule has 0 radical (unpaired) electrons. The molecule has 1 aliphatic carbocycles. The van der Waals surface area contributed by atoms with E-state index in [1.807, 2.05) is 0 Å². The van der Waals surface area contributed by atoms with E-state index >= 15 is 0 Å². The third kappa shape index (κ3) is 1.15. The molecule has 0 aromatic heterocycles. The molecule has 0 nitrogen and oxygen atoms in total. The van der Waals surface area contributed by atoms with Crippen molar-refractivity contribution in [3.05, 3.63) is 20.8 Å². The number of hydrogen-bond acceptors (Lipinski definition) is 0. The van der Waals surface area contributed by atoms with Crippen molar-refractivity contribution in [3.63, 3.8) is 0 Å². The zero-order valence-electron chi connectivity index (χ0n) is 7.83. The normalized spacial score (nSPS) is 23.5. The molecule has 0 spiro atoms. The van der Waals surface area contributed by atoms with Gasteiger partial charge in [-0.3, -0.25) is 0 Å². The molecule has 0 bridgehead atoms. The van der Waals surface area contributed by atoms with Gasteiger partial charge in [0.25, 0.3) is 0 Å². The monoisotopic (exact) mass is 328 g/mol. The van der Waals surface area contributed by atoms with Crippen molar-refractivity contribution in [2.75, 3.05) is 0 Å². The topological polar surface area (TPSA) is 0 Å². The van der Waals surface area contributed by atoms with Crippen molar-refractivity contribution in [1.29, 1.82) is 0 Å². The van der Waals surface area contributed by atoms with Gasteiger partial charge in [-0.1, -0.05) is 0 Å². The molecule has 64 valence electrons. The van der Waals surface area contributed by atoms with Crippen LogP contribution in [0.1, 0.15) is 34.6 Å². The molecule has 0 saturated heterocycles. The minimum absolute atomic E-state index is 0.314. The Morgan fingerprint density at radius 1 is 1.00 bits per heavy atom. The molecule has 0 heterocycles. The van der Waals surface area contributed by atoms with Gasteiger partial charge in [-0.25, -0.2) is 0 Å². The maximum atomic E-state index is 2.30. The molecule has 0 aliphatic heterocycles. The fourth-order valence-electron chi connectivity index (χ4n) is 1.53. The second kappa shape index (κ2) is 2.57. The first-order chi connectivity index (χ1) is 4.89. The molecule has 1 rings (SSSR count). The third-order valence-corrected chi connectivity index (χ3v) is 5.29. The number of hydrogen-bond donors (Lipinski definition) is 0. The van der Waals surface area contributed by atoms with Crippen molar-refractivity contribution >= 4 is 0 Å². The van der Waals surface area contributed by atoms with Crippen molar-refractivity contribution in [2.45, 2.75) is 34.6 Å². The summed E-state index contributed by atoms with van der Waals surface area (Å²) < 4.78 is 1.53. The standard InChI is InChI=1S/C10H15.Ir/c1-7-6-10(4,5)9(3)8(7)2;/h1-5H3;. The Kier molecular flexibility index (Phi) is 2.15. The maximum absolute atomic E-state index is 2.30. The van der Waals surface area contributed by atoms with Gasteiger partial charge in [0.2, 0.25) is 0 Å². The molecule has 0 saturated carbocycles. The Morgan fingerprint density at radius 2 is 1.45 bits per heavy atom. The second-order valence-electron chi connectivity index (χ2n) is 3.79. The van der Waals surface area contributed by atoms with E-state index in [-0.39, 0.29) is 0 Å². The molecule has 0 unspecified atom stereocenters. The van der Waals surface area contributed by atoms with Crippen LogP contribution in [-0.2, 0) is 18.9 Å². The van der Waals surface area contributed by atoms with Gasteiger partial charge in [-0.2, -0.15) is 0 Å². The van der Waals surface area contributed by atoms with Gasteiger partial charge in [0.05, 0.1) is 0 Å². The summed E-state index contributed by atoms with van der Waals surface area (Å²) in [5, 5.41) is 0. The molecule has 0 N–H and O–H groups in total. The molecule has 11 heavy (non-hydrogen) atoms. The SMILES string of the molecule is CC1=C(C)C(C)(C)[C]([Ir])=C1C. The Bertz CT molecular complexity index is 228. The Labute approximate surface area is 79.9 Å². The predicted octanol–water partition coefficient (Wildman–Crippen LogP) is 3.18. The van der Waals surface area contributed by atoms with Gasteiger partial charge in [0, 0.05) is 0 Å². The van der Waals surface area contributed by atoms with Gasteiger partial charge in [-0.15, -0.1) is 0 Å². The second-order valence-corrected chi connectivity index (χ2v) is 4.99. The fraction of sp³-hybridized carbons (Fsp3) is 0.600. The van der Waals surface area contributed by atoms with Gasteiger partial charge in [-0.05, 0) is 0 Å². The van der Waals surface area contributed by atoms with Crippen LogP contribution in [0.3, 0.4) is 0 Å². The van der Waals surface area contributed by atoms with Crippen LogP contribution in [-0.4, -0.2) is 0 Å². The van der Waals surface area contributed by atoms with Gasteiger partial charge >= 0.3 is 79.7 Å². The van der Waals surface area contributed by atoms with E-state index < -0.39 is 0 Å². The molecule has 0 amide bonds. The van der Waals surface area contributed by atoms with Crippen LogP contribution in [0.25, 0.3) is 0 Å². The molecular weight excluding hydrogens is 312 g/mol. The Balaban J connectivity index is 3.27. The van der Waals surface area contributed by atoms with E-state index in [4.69, 9.17) is 0 Å². The van der Waals surface area contributed by atoms with E-state index in [9.17, 15) is 0 Å². The van der Waals surface area contributed by atoms with Crippen LogP contribution >= 0.6 is 0 Å². The Hall–Kier alpha value is 0.129. The van der Waals surface area contributed by atoms with E-state index in [0.717, 1.165) is 0 Å². The summed E-state index contributed by atoms with van der Waals surface area (Å²) in [6.07, 6.45) is 0. The van der Waals surface area contributed by atoms with E-state index in [1.54, 1.807) is 0 Å². The van der Waals surface area contributed by atoms with Crippen LogP contribution in [0.4, 0.5) is 0 Å². The predicted molar refractivity (Wildman–Crippen MR) is 44.9 cm³/mol. The average Bonchev–Trinajstić information content (AvgIpc) is 2.06. The first-order valence-electron chi connectivity index (χ1n) is 3.92. The zero-order chi connectivity index (χ0) is 8.81. The van der Waals surface area contributed by atoms with Crippen LogP contribution in [0.5, 0.6) is 0 Å². The summed E-state index contributed by atoms with van der Waals surface area (Å²) in [7, 11) is 0. The summed E-state index contributed by atoms with van der Waals surface area (Å²) in [6.45, 7) is 11.3. The summed E-state index contributed by atoms with van der Waals surface area (Å²) in [4.78, 5) is 0. The van der Waals surface area contributed by atoms with E-state index in [2.05, 4.69) is 53.5 Å². The minimum atomic E-state index is 0.314. The fourth-order valence-corrected chi connectivity index (χ4v) is 2.43. The summed E-state index contributed by atoms with van der Waals surface area (Å²) >= 11 is 2.25. The molecule has 1 heteroatoms. The summed E-state index contributed by atoms with van der Waals surface area (Å²) in [6, 6.07) is 0. The van der Waals surface area contributed by atoms with Crippen molar-refractivity contribution in [3.8, 4) is 0 Å². The molecule has 0 aromatic carbocycles. The first-order valence-corrected chi connectivity index (χ1v) is 5.11. The first kappa shape index (κ1) is 9.22. The molecule has 0 aromatic rings. The van der Waals surface area contributed by atoms with Gasteiger partial charge in [0.15, 0.2) is 0 Å². The van der Waals surface area contributed by atoms with Crippen LogP contribution in [0.2, 0.25) is 0 Å². The zero-order valence-corrected chi connectivity index (χ0v) is 10.2. The molecule has 1 aliphatic rings. The third-order valence-electron chi connectivity index (χ3n) is 2.90. The van der Waals surface area contributed by atoms with Gasteiger partial charge in [0.1, 0.15) is 0 Å². The van der Waals surface area contributed by atoms with Crippen LogP contribution < -0.4 is 0 Å². The van der Waals surface area contributed by atoms with Crippen molar-refractivity contribution in [1.82, 2.24) is 0 Å². The summed E-state index contributed by atoms with van der Waals surface area (Å²) in [5.74, 6) is 0. The molecular formula is C10H15Ir. The summed E-state index contributed by atoms with van der Waals surface area (Å²) in [5.41, 5.74) is 4.83. The quantitative estimate of drug-likeness (QED) is 0.641. The average molecular weight is 327 g/mol. The van der Waals surface area contributed by atoms with Crippen molar-refractivity contribution in [2.24, 2.45) is 5.41 Å². The Morgan fingerprint density at radius 3 is 1.55 bits per heavy atom.